The summed E-state index contributed by atoms with van der Waals surface area (Å²) >= 11 is 0. The number of halogens is 1. The van der Waals surface area contributed by atoms with Crippen LogP contribution in [0.15, 0.2) is 42.5 Å². The van der Waals surface area contributed by atoms with Gasteiger partial charge >= 0.3 is 0 Å². The van der Waals surface area contributed by atoms with E-state index in [1.54, 1.807) is 14.2 Å². The normalized spacial score (nSPS) is 21.0. The number of rotatable bonds is 5. The highest BCUT2D eigenvalue weighted by molar-refractivity contribution is 5.85. The van der Waals surface area contributed by atoms with E-state index < -0.39 is 0 Å². The van der Waals surface area contributed by atoms with Crippen LogP contribution in [0.25, 0.3) is 0 Å². The van der Waals surface area contributed by atoms with E-state index in [0.29, 0.717) is 18.8 Å². The van der Waals surface area contributed by atoms with Crippen LogP contribution in [-0.4, -0.2) is 62.1 Å². The summed E-state index contributed by atoms with van der Waals surface area (Å²) in [6.45, 7) is 3.33. The van der Waals surface area contributed by atoms with Gasteiger partial charge in [0.25, 0.3) is 0 Å². The Morgan fingerprint density at radius 3 is 2.40 bits per heavy atom. The van der Waals surface area contributed by atoms with Crippen molar-refractivity contribution < 1.29 is 14.3 Å². The zero-order valence-electron chi connectivity index (χ0n) is 17.5. The molecular weight excluding hydrogens is 402 g/mol. The summed E-state index contributed by atoms with van der Waals surface area (Å²) in [5, 5.41) is 0. The fourth-order valence-electron chi connectivity index (χ4n) is 4.48. The van der Waals surface area contributed by atoms with Crippen LogP contribution in [0.3, 0.4) is 0 Å². The molecule has 1 fully saturated rings. The third-order valence-corrected chi connectivity index (χ3v) is 6.10. The molecule has 0 radical (unpaired) electrons. The first-order valence-electron chi connectivity index (χ1n) is 10.1. The Hall–Kier alpha value is -2.28. The van der Waals surface area contributed by atoms with Crippen molar-refractivity contribution in [1.82, 2.24) is 9.80 Å². The molecule has 2 aromatic carbocycles. The van der Waals surface area contributed by atoms with Gasteiger partial charge < -0.3 is 20.1 Å². The minimum absolute atomic E-state index is 0. The second-order valence-corrected chi connectivity index (χ2v) is 7.92. The second-order valence-electron chi connectivity index (χ2n) is 7.92. The number of hydrogen-bond acceptors (Lipinski definition) is 5. The van der Waals surface area contributed by atoms with Crippen molar-refractivity contribution in [3.8, 4) is 11.5 Å². The minimum Gasteiger partial charge on any atom is -0.493 e. The molecule has 2 heterocycles. The van der Waals surface area contributed by atoms with E-state index in [0.717, 1.165) is 37.4 Å². The van der Waals surface area contributed by atoms with Crippen molar-refractivity contribution >= 4 is 18.3 Å². The number of likely N-dealkylation sites (tertiary alicyclic amines) is 1. The fourth-order valence-corrected chi connectivity index (χ4v) is 4.48. The van der Waals surface area contributed by atoms with Gasteiger partial charge in [-0.05, 0) is 35.2 Å². The molecule has 6 nitrogen and oxygen atoms in total. The Bertz CT molecular complexity index is 877. The van der Waals surface area contributed by atoms with Gasteiger partial charge in [0.15, 0.2) is 11.5 Å². The monoisotopic (exact) mass is 431 g/mol. The molecule has 1 saturated heterocycles. The van der Waals surface area contributed by atoms with E-state index in [1.807, 2.05) is 35.2 Å². The van der Waals surface area contributed by atoms with E-state index in [4.69, 9.17) is 15.2 Å². The lowest BCUT2D eigenvalue weighted by molar-refractivity contribution is -0.133. The number of carbonyl (C=O) groups is 1. The molecule has 2 aliphatic rings. The van der Waals surface area contributed by atoms with E-state index in [2.05, 4.69) is 17.0 Å². The maximum atomic E-state index is 13.0. The maximum absolute atomic E-state index is 13.0. The van der Waals surface area contributed by atoms with Crippen molar-refractivity contribution in [1.29, 1.82) is 0 Å². The number of nitrogens with zero attached hydrogens (tertiary/aromatic N) is 2. The summed E-state index contributed by atoms with van der Waals surface area (Å²) in [5.41, 5.74) is 9.99. The third kappa shape index (κ3) is 4.56. The fraction of sp³-hybridized carbons (Fsp3) is 0.435. The van der Waals surface area contributed by atoms with Crippen LogP contribution in [0.5, 0.6) is 11.5 Å². The first-order chi connectivity index (χ1) is 14.1. The summed E-state index contributed by atoms with van der Waals surface area (Å²) in [4.78, 5) is 17.1. The average molecular weight is 432 g/mol. The van der Waals surface area contributed by atoms with Crippen LogP contribution in [-0.2, 0) is 17.8 Å². The van der Waals surface area contributed by atoms with Gasteiger partial charge in [-0.25, -0.2) is 0 Å². The quantitative estimate of drug-likeness (QED) is 0.787. The molecule has 1 amide bonds. The highest BCUT2D eigenvalue weighted by Gasteiger charge is 2.33. The van der Waals surface area contributed by atoms with Crippen molar-refractivity contribution in [3.05, 3.63) is 59.2 Å². The van der Waals surface area contributed by atoms with Gasteiger partial charge in [0.05, 0.1) is 20.8 Å². The van der Waals surface area contributed by atoms with Crippen LogP contribution in [0, 0.1) is 0 Å². The van der Waals surface area contributed by atoms with Crippen LogP contribution in [0.1, 0.15) is 22.6 Å². The predicted octanol–water partition coefficient (Wildman–Crippen LogP) is 2.44. The molecule has 2 N–H and O–H groups in total. The number of benzene rings is 2. The average Bonchev–Trinajstić information content (AvgIpc) is 3.12. The molecule has 2 aromatic rings. The highest BCUT2D eigenvalue weighted by Crippen LogP contribution is 2.33. The molecule has 0 aliphatic carbocycles. The van der Waals surface area contributed by atoms with Gasteiger partial charge in [0.1, 0.15) is 0 Å². The summed E-state index contributed by atoms with van der Waals surface area (Å²) < 4.78 is 10.8. The molecule has 4 rings (SSSR count). The van der Waals surface area contributed by atoms with E-state index in [-0.39, 0.29) is 30.3 Å². The molecule has 0 spiro atoms. The summed E-state index contributed by atoms with van der Waals surface area (Å²) in [5.74, 6) is 1.88. The molecule has 162 valence electrons. The zero-order chi connectivity index (χ0) is 20.4. The first kappa shape index (κ1) is 22.4. The van der Waals surface area contributed by atoms with Gasteiger partial charge in [-0.3, -0.25) is 9.69 Å². The van der Waals surface area contributed by atoms with E-state index in [1.165, 1.54) is 11.1 Å². The van der Waals surface area contributed by atoms with E-state index in [9.17, 15) is 4.79 Å². The third-order valence-electron chi connectivity index (χ3n) is 6.10. The molecule has 30 heavy (non-hydrogen) atoms. The Balaban J connectivity index is 0.00000256. The molecule has 2 aliphatic heterocycles. The Morgan fingerprint density at radius 1 is 1.07 bits per heavy atom. The number of carbonyl (C=O) groups excluding carboxylic acids is 1. The molecule has 0 saturated carbocycles. The van der Waals surface area contributed by atoms with Crippen LogP contribution >= 0.6 is 12.4 Å². The van der Waals surface area contributed by atoms with Gasteiger partial charge in [-0.15, -0.1) is 12.4 Å². The number of methoxy groups -OCH3 is 2. The topological polar surface area (TPSA) is 68.0 Å². The molecule has 2 atom stereocenters. The number of hydrogen-bond donors (Lipinski definition) is 1. The summed E-state index contributed by atoms with van der Waals surface area (Å²) in [6, 6.07) is 14.4. The standard InChI is InChI=1S/C23H29N3O3.ClH/c1-28-21-10-17-8-9-26(12-18(17)11-22(21)29-2)23(27)15-25-13-19(20(24)14-25)16-6-4-3-5-7-16;/h3-7,10-11,19-20H,8-9,12-15,24H2,1-2H3;1H/t19-,20+;/m0./s1. The molecule has 0 aromatic heterocycles. The zero-order valence-corrected chi connectivity index (χ0v) is 18.4. The molecular formula is C23H30ClN3O3. The van der Waals surface area contributed by atoms with E-state index >= 15 is 0 Å². The van der Waals surface area contributed by atoms with Gasteiger partial charge in [-0.1, -0.05) is 30.3 Å². The largest absolute Gasteiger partial charge is 0.493 e. The van der Waals surface area contributed by atoms with Crippen molar-refractivity contribution in [2.75, 3.05) is 40.4 Å². The Kier molecular flexibility index (Phi) is 7.23. The van der Waals surface area contributed by atoms with Gasteiger partial charge in [0.2, 0.25) is 5.91 Å². The Morgan fingerprint density at radius 2 is 1.73 bits per heavy atom. The van der Waals surface area contributed by atoms with Gasteiger partial charge in [0, 0.05) is 38.1 Å². The first-order valence-corrected chi connectivity index (χ1v) is 10.1. The lowest BCUT2D eigenvalue weighted by Gasteiger charge is -2.31. The smallest absolute Gasteiger partial charge is 0.237 e. The van der Waals surface area contributed by atoms with Crippen LogP contribution in [0.4, 0.5) is 0 Å². The Labute approximate surface area is 184 Å². The van der Waals surface area contributed by atoms with Crippen molar-refractivity contribution in [2.45, 2.75) is 24.9 Å². The summed E-state index contributed by atoms with van der Waals surface area (Å²) in [6.07, 6.45) is 0.827. The lowest BCUT2D eigenvalue weighted by atomic mass is 9.95. The van der Waals surface area contributed by atoms with Gasteiger partial charge in [-0.2, -0.15) is 0 Å². The maximum Gasteiger partial charge on any atom is 0.237 e. The predicted molar refractivity (Wildman–Crippen MR) is 120 cm³/mol. The highest BCUT2D eigenvalue weighted by atomic mass is 35.5. The van der Waals surface area contributed by atoms with Crippen LogP contribution < -0.4 is 15.2 Å². The van der Waals surface area contributed by atoms with Crippen molar-refractivity contribution in [3.63, 3.8) is 0 Å². The summed E-state index contributed by atoms with van der Waals surface area (Å²) in [7, 11) is 3.28. The molecule has 0 unspecified atom stereocenters. The number of nitrogens with two attached hydrogens (primary N) is 1. The number of amides is 1. The minimum atomic E-state index is 0. The lowest BCUT2D eigenvalue weighted by Crippen LogP contribution is -2.42. The molecule has 0 bridgehead atoms. The SMILES string of the molecule is COc1cc2c(cc1OC)CN(C(=O)CN1C[C@@H](N)[C@H](c3ccccc3)C1)CC2.Cl. The number of ether oxygens (including phenoxy) is 2. The second kappa shape index (κ2) is 9.69. The molecule has 7 heteroatoms. The van der Waals surface area contributed by atoms with Crippen LogP contribution in [0.2, 0.25) is 0 Å². The van der Waals surface area contributed by atoms with Crippen molar-refractivity contribution in [2.24, 2.45) is 5.73 Å². The number of fused-ring (bicyclic) bond motifs is 1.